The van der Waals surface area contributed by atoms with Gasteiger partial charge in [-0.1, -0.05) is 0 Å². The van der Waals surface area contributed by atoms with Crippen molar-refractivity contribution in [2.45, 2.75) is 31.7 Å². The van der Waals surface area contributed by atoms with Gasteiger partial charge in [-0.2, -0.15) is 0 Å². The molecule has 18 heavy (non-hydrogen) atoms. The lowest BCUT2D eigenvalue weighted by Gasteiger charge is -2.31. The minimum atomic E-state index is -0.150. The Morgan fingerprint density at radius 2 is 2.06 bits per heavy atom. The van der Waals surface area contributed by atoms with E-state index in [-0.39, 0.29) is 17.8 Å². The van der Waals surface area contributed by atoms with Crippen LogP contribution in [0, 0.1) is 5.92 Å². The Balaban J connectivity index is 1.81. The molecule has 0 radical (unpaired) electrons. The summed E-state index contributed by atoms with van der Waals surface area (Å²) in [6.07, 6.45) is 4.09. The van der Waals surface area contributed by atoms with Crippen LogP contribution >= 0.6 is 0 Å². The lowest BCUT2D eigenvalue weighted by Crippen LogP contribution is -2.45. The van der Waals surface area contributed by atoms with Gasteiger partial charge in [-0.05, 0) is 32.2 Å². The fourth-order valence-corrected chi connectivity index (χ4v) is 2.53. The number of likely N-dealkylation sites (tertiary alicyclic amines) is 1. The molecule has 2 fully saturated rings. The maximum absolute atomic E-state index is 12.0. The summed E-state index contributed by atoms with van der Waals surface area (Å²) in [6.45, 7) is 1.98. The second kappa shape index (κ2) is 5.69. The first-order valence-electron chi connectivity index (χ1n) is 6.67. The van der Waals surface area contributed by atoms with Crippen molar-refractivity contribution < 1.29 is 14.3 Å². The van der Waals surface area contributed by atoms with Crippen LogP contribution < -0.4 is 0 Å². The number of hydrogen-bond donors (Lipinski definition) is 0. The second-order valence-electron chi connectivity index (χ2n) is 5.33. The average molecular weight is 254 g/mol. The van der Waals surface area contributed by atoms with E-state index in [0.717, 1.165) is 32.2 Å². The van der Waals surface area contributed by atoms with Crippen LogP contribution in [0.2, 0.25) is 0 Å². The highest BCUT2D eigenvalue weighted by molar-refractivity contribution is 5.79. The molecule has 5 heteroatoms. The monoisotopic (exact) mass is 254 g/mol. The molecule has 0 spiro atoms. The lowest BCUT2D eigenvalue weighted by atomic mass is 9.98. The average Bonchev–Trinajstić information content (AvgIpc) is 3.21. The second-order valence-corrected chi connectivity index (χ2v) is 5.33. The number of carbonyl (C=O) groups excluding carboxylic acids is 2. The number of likely N-dealkylation sites (N-methyl/N-ethyl adjacent to an activating group) is 1. The molecule has 0 aromatic rings. The summed E-state index contributed by atoms with van der Waals surface area (Å²) in [5, 5.41) is 0. The molecule has 1 saturated carbocycles. The van der Waals surface area contributed by atoms with Crippen molar-refractivity contribution in [1.29, 1.82) is 0 Å². The van der Waals surface area contributed by atoms with Crippen LogP contribution in [-0.2, 0) is 14.3 Å². The van der Waals surface area contributed by atoms with Crippen molar-refractivity contribution in [3.63, 3.8) is 0 Å². The molecule has 5 nitrogen and oxygen atoms in total. The topological polar surface area (TPSA) is 49.9 Å². The van der Waals surface area contributed by atoms with Crippen LogP contribution in [0.25, 0.3) is 0 Å². The van der Waals surface area contributed by atoms with Crippen LogP contribution in [0.3, 0.4) is 0 Å². The van der Waals surface area contributed by atoms with E-state index in [1.807, 2.05) is 11.9 Å². The summed E-state index contributed by atoms with van der Waals surface area (Å²) in [6, 6.07) is 0.457. The van der Waals surface area contributed by atoms with Gasteiger partial charge in [-0.3, -0.25) is 14.5 Å². The van der Waals surface area contributed by atoms with Crippen LogP contribution in [0.5, 0.6) is 0 Å². The summed E-state index contributed by atoms with van der Waals surface area (Å²) in [5.74, 6) is -0.0477. The molecular formula is C13H22N2O3. The van der Waals surface area contributed by atoms with Gasteiger partial charge in [0.15, 0.2) is 0 Å². The smallest absolute Gasteiger partial charge is 0.309 e. The van der Waals surface area contributed by atoms with E-state index in [0.29, 0.717) is 19.1 Å². The fourth-order valence-electron chi connectivity index (χ4n) is 2.53. The number of carbonyl (C=O) groups is 2. The third kappa shape index (κ3) is 3.22. The summed E-state index contributed by atoms with van der Waals surface area (Å²) in [4.78, 5) is 27.4. The van der Waals surface area contributed by atoms with Gasteiger partial charge in [-0.15, -0.1) is 0 Å². The molecule has 1 amide bonds. The Kier molecular flexibility index (Phi) is 4.22. The standard InChI is InChI=1S/C13H22N2O3/c1-14(11-5-6-11)12(16)9-15-7-3-4-10(8-15)13(17)18-2/h10-11H,3-9H2,1-2H3. The predicted octanol–water partition coefficient (Wildman–Crippen LogP) is 0.492. The Bertz CT molecular complexity index is 328. The number of nitrogens with zero attached hydrogens (tertiary/aromatic N) is 2. The zero-order chi connectivity index (χ0) is 13.1. The lowest BCUT2D eigenvalue weighted by molar-refractivity contribution is -0.148. The van der Waals surface area contributed by atoms with E-state index < -0.39 is 0 Å². The van der Waals surface area contributed by atoms with Crippen molar-refractivity contribution in [3.05, 3.63) is 0 Å². The molecule has 1 unspecified atom stereocenters. The highest BCUT2D eigenvalue weighted by Gasteiger charge is 2.32. The van der Waals surface area contributed by atoms with E-state index in [9.17, 15) is 9.59 Å². The predicted molar refractivity (Wildman–Crippen MR) is 67.0 cm³/mol. The minimum Gasteiger partial charge on any atom is -0.469 e. The van der Waals surface area contributed by atoms with Gasteiger partial charge in [0.25, 0.3) is 0 Å². The molecule has 2 rings (SSSR count). The molecule has 102 valence electrons. The number of esters is 1. The maximum atomic E-state index is 12.0. The van der Waals surface area contributed by atoms with Crippen molar-refractivity contribution >= 4 is 11.9 Å². The summed E-state index contributed by atoms with van der Waals surface area (Å²) >= 11 is 0. The Morgan fingerprint density at radius 1 is 1.33 bits per heavy atom. The van der Waals surface area contributed by atoms with E-state index >= 15 is 0 Å². The summed E-state index contributed by atoms with van der Waals surface area (Å²) in [5.41, 5.74) is 0. The number of rotatable bonds is 4. The molecule has 2 aliphatic rings. The largest absolute Gasteiger partial charge is 0.469 e. The molecule has 1 atom stereocenters. The molecule has 0 bridgehead atoms. The van der Waals surface area contributed by atoms with Crippen LogP contribution in [0.4, 0.5) is 0 Å². The SMILES string of the molecule is COC(=O)C1CCCN(CC(=O)N(C)C2CC2)C1. The number of amides is 1. The van der Waals surface area contributed by atoms with E-state index in [2.05, 4.69) is 4.90 Å². The first-order chi connectivity index (χ1) is 8.61. The minimum absolute atomic E-state index is 0.0669. The third-order valence-electron chi connectivity index (χ3n) is 3.89. The molecule has 1 aliphatic carbocycles. The molecule has 1 heterocycles. The first-order valence-corrected chi connectivity index (χ1v) is 6.67. The first kappa shape index (κ1) is 13.3. The molecule has 0 aromatic heterocycles. The molecule has 1 aliphatic heterocycles. The number of methoxy groups -OCH3 is 1. The number of ether oxygens (including phenoxy) is 1. The van der Waals surface area contributed by atoms with Gasteiger partial charge < -0.3 is 9.64 Å². The third-order valence-corrected chi connectivity index (χ3v) is 3.89. The normalized spacial score (nSPS) is 24.7. The van der Waals surface area contributed by atoms with E-state index in [1.54, 1.807) is 0 Å². The maximum Gasteiger partial charge on any atom is 0.309 e. The Labute approximate surface area is 108 Å². The molecule has 1 saturated heterocycles. The molecule has 0 N–H and O–H groups in total. The van der Waals surface area contributed by atoms with Gasteiger partial charge in [0.2, 0.25) is 5.91 Å². The zero-order valence-corrected chi connectivity index (χ0v) is 11.2. The van der Waals surface area contributed by atoms with Crippen LogP contribution in [-0.4, -0.2) is 61.5 Å². The zero-order valence-electron chi connectivity index (χ0n) is 11.2. The fraction of sp³-hybridized carbons (Fsp3) is 0.846. The van der Waals surface area contributed by atoms with Crippen molar-refractivity contribution in [1.82, 2.24) is 9.80 Å². The number of piperidine rings is 1. The van der Waals surface area contributed by atoms with Gasteiger partial charge in [0.05, 0.1) is 19.6 Å². The molecular weight excluding hydrogens is 232 g/mol. The van der Waals surface area contributed by atoms with Crippen LogP contribution in [0.1, 0.15) is 25.7 Å². The van der Waals surface area contributed by atoms with Gasteiger partial charge in [-0.25, -0.2) is 0 Å². The quantitative estimate of drug-likeness (QED) is 0.685. The Hall–Kier alpha value is -1.10. The van der Waals surface area contributed by atoms with Gasteiger partial charge in [0, 0.05) is 19.6 Å². The van der Waals surface area contributed by atoms with Gasteiger partial charge >= 0.3 is 5.97 Å². The van der Waals surface area contributed by atoms with Gasteiger partial charge in [0.1, 0.15) is 0 Å². The summed E-state index contributed by atoms with van der Waals surface area (Å²) < 4.78 is 4.78. The van der Waals surface area contributed by atoms with Crippen molar-refractivity contribution in [2.75, 3.05) is 33.8 Å². The highest BCUT2D eigenvalue weighted by Crippen LogP contribution is 2.25. The van der Waals surface area contributed by atoms with E-state index in [4.69, 9.17) is 4.74 Å². The number of hydrogen-bond acceptors (Lipinski definition) is 4. The van der Waals surface area contributed by atoms with Crippen molar-refractivity contribution in [2.24, 2.45) is 5.92 Å². The highest BCUT2D eigenvalue weighted by atomic mass is 16.5. The Morgan fingerprint density at radius 3 is 2.67 bits per heavy atom. The van der Waals surface area contributed by atoms with Crippen LogP contribution in [0.15, 0.2) is 0 Å². The summed E-state index contributed by atoms with van der Waals surface area (Å²) in [7, 11) is 3.30. The van der Waals surface area contributed by atoms with Crippen molar-refractivity contribution in [3.8, 4) is 0 Å². The molecule has 0 aromatic carbocycles. The van der Waals surface area contributed by atoms with E-state index in [1.165, 1.54) is 7.11 Å².